The van der Waals surface area contributed by atoms with Crippen molar-refractivity contribution in [2.75, 3.05) is 13.6 Å². The molecule has 2 heterocycles. The van der Waals surface area contributed by atoms with Gasteiger partial charge in [0, 0.05) is 31.9 Å². The maximum absolute atomic E-state index is 12.4. The zero-order valence-corrected chi connectivity index (χ0v) is 12.3. The van der Waals surface area contributed by atoms with E-state index in [9.17, 15) is 8.42 Å². The standard InChI is InChI=1S/C12H18N4O3S/c1-10-11(3-6-19-10)8-15(2)20(17,18)12-7-14-16(9-12)5-4-13/h3,6-7,9H,4-5,8,13H2,1-2H3. The fourth-order valence-corrected chi connectivity index (χ4v) is 2.92. The number of rotatable bonds is 6. The Morgan fingerprint density at radius 3 is 2.85 bits per heavy atom. The van der Waals surface area contributed by atoms with Crippen molar-refractivity contribution in [1.29, 1.82) is 0 Å². The lowest BCUT2D eigenvalue weighted by Crippen LogP contribution is -2.26. The molecule has 0 aliphatic rings. The molecule has 0 saturated heterocycles. The molecule has 0 radical (unpaired) electrons. The Labute approximate surface area is 118 Å². The van der Waals surface area contributed by atoms with Crippen LogP contribution in [0.1, 0.15) is 11.3 Å². The maximum Gasteiger partial charge on any atom is 0.246 e. The van der Waals surface area contributed by atoms with Crippen LogP contribution in [0.4, 0.5) is 0 Å². The number of nitrogens with zero attached hydrogens (tertiary/aromatic N) is 3. The van der Waals surface area contributed by atoms with Gasteiger partial charge in [0.05, 0.1) is 19.0 Å². The Kier molecular flexibility index (Phi) is 4.26. The first-order valence-electron chi connectivity index (χ1n) is 6.17. The van der Waals surface area contributed by atoms with E-state index in [1.807, 2.05) is 0 Å². The van der Waals surface area contributed by atoms with Gasteiger partial charge in [-0.2, -0.15) is 9.40 Å². The first-order chi connectivity index (χ1) is 9.45. The molecule has 0 aliphatic heterocycles. The molecule has 110 valence electrons. The van der Waals surface area contributed by atoms with Gasteiger partial charge in [-0.25, -0.2) is 8.42 Å². The van der Waals surface area contributed by atoms with Gasteiger partial charge in [0.1, 0.15) is 10.7 Å². The van der Waals surface area contributed by atoms with E-state index in [1.165, 1.54) is 28.4 Å². The summed E-state index contributed by atoms with van der Waals surface area (Å²) in [5.41, 5.74) is 6.25. The molecule has 0 aromatic carbocycles. The SMILES string of the molecule is Cc1occc1CN(C)S(=O)(=O)c1cnn(CCN)c1. The summed E-state index contributed by atoms with van der Waals surface area (Å²) in [6, 6.07) is 1.76. The largest absolute Gasteiger partial charge is 0.469 e. The van der Waals surface area contributed by atoms with Crippen LogP contribution in [-0.2, 0) is 23.1 Å². The highest BCUT2D eigenvalue weighted by Gasteiger charge is 2.23. The van der Waals surface area contributed by atoms with Gasteiger partial charge in [0.15, 0.2) is 0 Å². The number of hydrogen-bond acceptors (Lipinski definition) is 5. The Morgan fingerprint density at radius 2 is 2.25 bits per heavy atom. The molecule has 0 bridgehead atoms. The van der Waals surface area contributed by atoms with Crippen LogP contribution in [-0.4, -0.2) is 36.1 Å². The molecular formula is C12H18N4O3S. The van der Waals surface area contributed by atoms with Crippen molar-refractivity contribution in [2.24, 2.45) is 5.73 Å². The second-order valence-corrected chi connectivity index (χ2v) is 6.54. The van der Waals surface area contributed by atoms with E-state index in [1.54, 1.807) is 19.3 Å². The zero-order valence-electron chi connectivity index (χ0n) is 11.5. The van der Waals surface area contributed by atoms with Crippen LogP contribution < -0.4 is 5.73 Å². The number of hydrogen-bond donors (Lipinski definition) is 1. The Morgan fingerprint density at radius 1 is 1.50 bits per heavy atom. The molecule has 20 heavy (non-hydrogen) atoms. The molecule has 0 fully saturated rings. The molecule has 0 saturated carbocycles. The topological polar surface area (TPSA) is 94.4 Å². The molecule has 2 aromatic heterocycles. The van der Waals surface area contributed by atoms with Gasteiger partial charge >= 0.3 is 0 Å². The fraction of sp³-hybridized carbons (Fsp3) is 0.417. The fourth-order valence-electron chi connectivity index (χ4n) is 1.81. The third-order valence-electron chi connectivity index (χ3n) is 3.04. The summed E-state index contributed by atoms with van der Waals surface area (Å²) in [6.07, 6.45) is 4.37. The van der Waals surface area contributed by atoms with Crippen molar-refractivity contribution in [1.82, 2.24) is 14.1 Å². The van der Waals surface area contributed by atoms with Crippen molar-refractivity contribution in [2.45, 2.75) is 24.9 Å². The van der Waals surface area contributed by atoms with Crippen molar-refractivity contribution in [3.05, 3.63) is 36.0 Å². The zero-order chi connectivity index (χ0) is 14.8. The first kappa shape index (κ1) is 14.8. The van der Waals surface area contributed by atoms with Crippen LogP contribution in [0.3, 0.4) is 0 Å². The molecule has 0 unspecified atom stereocenters. The summed E-state index contributed by atoms with van der Waals surface area (Å²) in [7, 11) is -2.03. The number of aryl methyl sites for hydroxylation is 1. The summed E-state index contributed by atoms with van der Waals surface area (Å²) in [4.78, 5) is 0.162. The van der Waals surface area contributed by atoms with Crippen molar-refractivity contribution in [3.8, 4) is 0 Å². The van der Waals surface area contributed by atoms with E-state index in [2.05, 4.69) is 5.10 Å². The Bertz CT molecular complexity index is 674. The van der Waals surface area contributed by atoms with E-state index >= 15 is 0 Å². The van der Waals surface area contributed by atoms with Crippen LogP contribution in [0, 0.1) is 6.92 Å². The smallest absolute Gasteiger partial charge is 0.246 e. The molecule has 0 atom stereocenters. The minimum atomic E-state index is -3.56. The molecule has 0 aliphatic carbocycles. The predicted molar refractivity (Wildman–Crippen MR) is 73.4 cm³/mol. The van der Waals surface area contributed by atoms with Gasteiger partial charge in [0.25, 0.3) is 0 Å². The third kappa shape index (κ3) is 2.92. The second kappa shape index (κ2) is 5.78. The minimum Gasteiger partial charge on any atom is -0.469 e. The minimum absolute atomic E-state index is 0.162. The van der Waals surface area contributed by atoms with Crippen molar-refractivity contribution < 1.29 is 12.8 Å². The van der Waals surface area contributed by atoms with E-state index in [-0.39, 0.29) is 11.4 Å². The average Bonchev–Trinajstić information content (AvgIpc) is 3.00. The molecule has 0 amide bonds. The van der Waals surface area contributed by atoms with Crippen LogP contribution >= 0.6 is 0 Å². The number of sulfonamides is 1. The van der Waals surface area contributed by atoms with Gasteiger partial charge in [-0.15, -0.1) is 0 Å². The van der Waals surface area contributed by atoms with E-state index in [4.69, 9.17) is 10.2 Å². The Balaban J connectivity index is 2.18. The lowest BCUT2D eigenvalue weighted by Gasteiger charge is -2.15. The Hall–Kier alpha value is -1.64. The molecule has 8 heteroatoms. The maximum atomic E-state index is 12.4. The average molecular weight is 298 g/mol. The van der Waals surface area contributed by atoms with E-state index in [0.717, 1.165) is 5.56 Å². The van der Waals surface area contributed by atoms with Gasteiger partial charge in [-0.3, -0.25) is 4.68 Å². The van der Waals surface area contributed by atoms with Gasteiger partial charge in [-0.05, 0) is 13.0 Å². The van der Waals surface area contributed by atoms with E-state index < -0.39 is 10.0 Å². The highest BCUT2D eigenvalue weighted by molar-refractivity contribution is 7.89. The molecule has 2 N–H and O–H groups in total. The quantitative estimate of drug-likeness (QED) is 0.841. The second-order valence-electron chi connectivity index (χ2n) is 4.49. The van der Waals surface area contributed by atoms with Crippen LogP contribution in [0.15, 0.2) is 34.0 Å². The molecular weight excluding hydrogens is 280 g/mol. The number of nitrogens with two attached hydrogens (primary N) is 1. The predicted octanol–water partition coefficient (Wildman–Crippen LogP) is 0.564. The summed E-state index contributed by atoms with van der Waals surface area (Å²) < 4.78 is 32.8. The van der Waals surface area contributed by atoms with Gasteiger partial charge < -0.3 is 10.2 Å². The molecule has 2 aromatic rings. The van der Waals surface area contributed by atoms with Crippen LogP contribution in [0.25, 0.3) is 0 Å². The lowest BCUT2D eigenvalue weighted by molar-refractivity contribution is 0.458. The van der Waals surface area contributed by atoms with E-state index in [0.29, 0.717) is 18.8 Å². The van der Waals surface area contributed by atoms with Crippen LogP contribution in [0.5, 0.6) is 0 Å². The lowest BCUT2D eigenvalue weighted by atomic mass is 10.3. The molecule has 2 rings (SSSR count). The van der Waals surface area contributed by atoms with Gasteiger partial charge in [0.2, 0.25) is 10.0 Å². The van der Waals surface area contributed by atoms with Gasteiger partial charge in [-0.1, -0.05) is 0 Å². The summed E-state index contributed by atoms with van der Waals surface area (Å²) in [6.45, 7) is 2.95. The van der Waals surface area contributed by atoms with Crippen molar-refractivity contribution >= 4 is 10.0 Å². The van der Waals surface area contributed by atoms with Crippen LogP contribution in [0.2, 0.25) is 0 Å². The monoisotopic (exact) mass is 298 g/mol. The number of furan rings is 1. The third-order valence-corrected chi connectivity index (χ3v) is 4.79. The molecule has 7 nitrogen and oxygen atoms in total. The number of aromatic nitrogens is 2. The summed E-state index contributed by atoms with van der Waals surface area (Å²) in [5, 5.41) is 3.98. The molecule has 0 spiro atoms. The highest BCUT2D eigenvalue weighted by Crippen LogP contribution is 2.18. The highest BCUT2D eigenvalue weighted by atomic mass is 32.2. The first-order valence-corrected chi connectivity index (χ1v) is 7.61. The van der Waals surface area contributed by atoms with Crippen molar-refractivity contribution in [3.63, 3.8) is 0 Å². The summed E-state index contributed by atoms with van der Waals surface area (Å²) in [5.74, 6) is 0.714. The summed E-state index contributed by atoms with van der Waals surface area (Å²) >= 11 is 0. The normalized spacial score (nSPS) is 12.2.